The van der Waals surface area contributed by atoms with E-state index in [9.17, 15) is 9.18 Å². The van der Waals surface area contributed by atoms with Crippen molar-refractivity contribution in [2.75, 3.05) is 13.1 Å². The van der Waals surface area contributed by atoms with Crippen LogP contribution in [0.2, 0.25) is 0 Å². The Hall–Kier alpha value is -2.95. The highest BCUT2D eigenvalue weighted by Gasteiger charge is 2.26. The highest BCUT2D eigenvalue weighted by atomic mass is 19.1. The molecule has 0 bridgehead atoms. The average molecular weight is 363 g/mol. The normalized spacial score (nSPS) is 18.1. The predicted molar refractivity (Wildman–Crippen MR) is 105 cm³/mol. The third-order valence-corrected chi connectivity index (χ3v) is 5.17. The molecule has 27 heavy (non-hydrogen) atoms. The fourth-order valence-corrected chi connectivity index (χ4v) is 3.64. The van der Waals surface area contributed by atoms with Crippen molar-refractivity contribution in [2.45, 2.75) is 25.7 Å². The molecule has 1 saturated heterocycles. The molecule has 2 heterocycles. The van der Waals surface area contributed by atoms with Crippen molar-refractivity contribution in [2.24, 2.45) is 0 Å². The summed E-state index contributed by atoms with van der Waals surface area (Å²) in [5.41, 5.74) is 3.69. The van der Waals surface area contributed by atoms with E-state index in [2.05, 4.69) is 4.98 Å². The van der Waals surface area contributed by atoms with Crippen molar-refractivity contribution in [1.29, 1.82) is 0 Å². The third-order valence-electron chi connectivity index (χ3n) is 5.17. The lowest BCUT2D eigenvalue weighted by Crippen LogP contribution is -2.38. The maximum Gasteiger partial charge on any atom is 0.246 e. The second-order valence-corrected chi connectivity index (χ2v) is 7.10. The van der Waals surface area contributed by atoms with Gasteiger partial charge in [0.2, 0.25) is 5.91 Å². The Morgan fingerprint density at radius 1 is 1.22 bits per heavy atom. The zero-order valence-electron chi connectivity index (χ0n) is 15.3. The molecule has 2 aromatic carbocycles. The molecule has 4 rings (SSSR count). The first-order valence-corrected chi connectivity index (χ1v) is 9.28. The van der Waals surface area contributed by atoms with Crippen molar-refractivity contribution in [3.63, 3.8) is 0 Å². The summed E-state index contributed by atoms with van der Waals surface area (Å²) in [4.78, 5) is 22.7. The van der Waals surface area contributed by atoms with E-state index < -0.39 is 0 Å². The highest BCUT2D eigenvalue weighted by molar-refractivity contribution is 5.95. The Bertz CT molecular complexity index is 957. The summed E-state index contributed by atoms with van der Waals surface area (Å²) in [5.74, 6) is 0.891. The van der Waals surface area contributed by atoms with Crippen molar-refractivity contribution in [3.05, 3.63) is 71.8 Å². The summed E-state index contributed by atoms with van der Waals surface area (Å²) in [7, 11) is 0. The number of imidazole rings is 1. The van der Waals surface area contributed by atoms with Crippen molar-refractivity contribution in [3.8, 4) is 0 Å². The zero-order valence-corrected chi connectivity index (χ0v) is 15.3. The molecular formula is C22H22FN3O. The van der Waals surface area contributed by atoms with Gasteiger partial charge in [-0.1, -0.05) is 24.3 Å². The van der Waals surface area contributed by atoms with E-state index in [-0.39, 0.29) is 17.6 Å². The smallest absolute Gasteiger partial charge is 0.246 e. The van der Waals surface area contributed by atoms with E-state index in [1.165, 1.54) is 12.1 Å². The van der Waals surface area contributed by atoms with Gasteiger partial charge in [-0.3, -0.25) is 4.79 Å². The number of H-pyrrole nitrogens is 1. The second kappa shape index (κ2) is 7.35. The summed E-state index contributed by atoms with van der Waals surface area (Å²) < 4.78 is 13.1. The number of carbonyl (C=O) groups excluding carboxylic acids is 1. The van der Waals surface area contributed by atoms with E-state index in [1.807, 2.05) is 36.1 Å². The fourth-order valence-electron chi connectivity index (χ4n) is 3.64. The number of hydrogen-bond acceptors (Lipinski definition) is 2. The number of carbonyl (C=O) groups is 1. The lowest BCUT2D eigenvalue weighted by Gasteiger charge is -2.31. The topological polar surface area (TPSA) is 49.0 Å². The van der Waals surface area contributed by atoms with E-state index >= 15 is 0 Å². The van der Waals surface area contributed by atoms with Gasteiger partial charge in [-0.15, -0.1) is 0 Å². The molecular weight excluding hydrogens is 341 g/mol. The van der Waals surface area contributed by atoms with Crippen LogP contribution in [0.1, 0.15) is 37.1 Å². The lowest BCUT2D eigenvalue weighted by atomic mass is 9.97. The number of para-hydroxylation sites is 2. The van der Waals surface area contributed by atoms with Crippen LogP contribution in [0, 0.1) is 5.82 Å². The monoisotopic (exact) mass is 363 g/mol. The molecule has 1 atom stereocenters. The summed E-state index contributed by atoms with van der Waals surface area (Å²) in [6, 6.07) is 14.2. The van der Waals surface area contributed by atoms with Gasteiger partial charge in [0.25, 0.3) is 0 Å². The molecule has 5 heteroatoms. The maximum atomic E-state index is 13.1. The number of hydrogen-bond donors (Lipinski definition) is 1. The Kier molecular flexibility index (Phi) is 4.75. The number of likely N-dealkylation sites (tertiary alicyclic amines) is 1. The zero-order chi connectivity index (χ0) is 18.8. The quantitative estimate of drug-likeness (QED) is 0.696. The van der Waals surface area contributed by atoms with Crippen LogP contribution >= 0.6 is 0 Å². The van der Waals surface area contributed by atoms with Crippen LogP contribution in [0.5, 0.6) is 0 Å². The van der Waals surface area contributed by atoms with Crippen LogP contribution in [0.15, 0.2) is 54.6 Å². The van der Waals surface area contributed by atoms with Crippen LogP contribution < -0.4 is 0 Å². The third kappa shape index (κ3) is 3.77. The minimum absolute atomic E-state index is 0.00219. The van der Waals surface area contributed by atoms with Gasteiger partial charge in [0, 0.05) is 25.1 Å². The minimum atomic E-state index is -0.275. The van der Waals surface area contributed by atoms with Crippen LogP contribution in [0.4, 0.5) is 4.39 Å². The lowest BCUT2D eigenvalue weighted by molar-refractivity contribution is -0.127. The van der Waals surface area contributed by atoms with Gasteiger partial charge in [-0.25, -0.2) is 9.37 Å². The summed E-state index contributed by atoms with van der Waals surface area (Å²) in [6.07, 6.45) is 3.62. The number of rotatable bonds is 3. The van der Waals surface area contributed by atoms with E-state index in [0.29, 0.717) is 6.54 Å². The molecule has 1 aliphatic heterocycles. The molecule has 3 aromatic rings. The second-order valence-electron chi connectivity index (χ2n) is 7.10. The predicted octanol–water partition coefficient (Wildman–Crippen LogP) is 4.51. The van der Waals surface area contributed by atoms with Crippen LogP contribution in [-0.2, 0) is 4.79 Å². The van der Waals surface area contributed by atoms with E-state index in [0.717, 1.165) is 47.4 Å². The van der Waals surface area contributed by atoms with Crippen molar-refractivity contribution >= 4 is 22.5 Å². The van der Waals surface area contributed by atoms with Crippen LogP contribution in [0.25, 0.3) is 16.6 Å². The van der Waals surface area contributed by atoms with Gasteiger partial charge in [0.05, 0.1) is 11.0 Å². The number of aromatic amines is 1. The number of amides is 1. The number of aromatic nitrogens is 2. The number of fused-ring (bicyclic) bond motifs is 1. The maximum absolute atomic E-state index is 13.1. The molecule has 4 nitrogen and oxygen atoms in total. The standard InChI is InChI=1S/C22H22FN3O/c1-15(16-8-10-18(23)11-9-16)13-21(27)26-12-4-5-17(14-26)22-24-19-6-2-3-7-20(19)25-22/h2-3,6-11,13,17H,4-5,12,14H2,1H3,(H,24,25). The molecule has 0 spiro atoms. The number of nitrogens with one attached hydrogen (secondary N) is 1. The molecule has 0 aliphatic carbocycles. The van der Waals surface area contributed by atoms with Crippen LogP contribution in [0.3, 0.4) is 0 Å². The van der Waals surface area contributed by atoms with Gasteiger partial charge in [0.15, 0.2) is 0 Å². The summed E-state index contributed by atoms with van der Waals surface area (Å²) in [5, 5.41) is 0. The molecule has 1 fully saturated rings. The fraction of sp³-hybridized carbons (Fsp3) is 0.273. The van der Waals surface area contributed by atoms with Gasteiger partial charge in [0.1, 0.15) is 11.6 Å². The Labute approximate surface area is 157 Å². The molecule has 1 aromatic heterocycles. The van der Waals surface area contributed by atoms with Crippen molar-refractivity contribution < 1.29 is 9.18 Å². The molecule has 0 radical (unpaired) electrons. The molecule has 0 saturated carbocycles. The Morgan fingerprint density at radius 3 is 2.78 bits per heavy atom. The molecule has 1 N–H and O–H groups in total. The number of nitrogens with zero attached hydrogens (tertiary/aromatic N) is 2. The Balaban J connectivity index is 1.49. The molecule has 138 valence electrons. The van der Waals surface area contributed by atoms with Crippen LogP contribution in [-0.4, -0.2) is 33.9 Å². The van der Waals surface area contributed by atoms with Gasteiger partial charge in [-0.05, 0) is 55.2 Å². The summed E-state index contributed by atoms with van der Waals surface area (Å²) in [6.45, 7) is 3.29. The number of piperidine rings is 1. The molecule has 1 unspecified atom stereocenters. The Morgan fingerprint density at radius 2 is 2.00 bits per heavy atom. The van der Waals surface area contributed by atoms with Gasteiger partial charge < -0.3 is 9.88 Å². The largest absolute Gasteiger partial charge is 0.342 e. The molecule has 1 amide bonds. The SMILES string of the molecule is CC(=CC(=O)N1CCCC(c2nc3ccccc3[nH]2)C1)c1ccc(F)cc1. The first-order chi connectivity index (χ1) is 13.1. The molecule has 1 aliphatic rings. The first-order valence-electron chi connectivity index (χ1n) is 9.28. The first kappa shape index (κ1) is 17.5. The highest BCUT2D eigenvalue weighted by Crippen LogP contribution is 2.27. The van der Waals surface area contributed by atoms with Gasteiger partial charge in [-0.2, -0.15) is 0 Å². The van der Waals surface area contributed by atoms with E-state index in [1.54, 1.807) is 18.2 Å². The van der Waals surface area contributed by atoms with Gasteiger partial charge >= 0.3 is 0 Å². The number of benzene rings is 2. The van der Waals surface area contributed by atoms with Crippen molar-refractivity contribution in [1.82, 2.24) is 14.9 Å². The van der Waals surface area contributed by atoms with E-state index in [4.69, 9.17) is 4.98 Å². The minimum Gasteiger partial charge on any atom is -0.342 e. The average Bonchev–Trinajstić information content (AvgIpc) is 3.13. The number of halogens is 1. The number of allylic oxidation sites excluding steroid dienone is 1. The summed E-state index contributed by atoms with van der Waals surface area (Å²) >= 11 is 0.